The van der Waals surface area contributed by atoms with Gasteiger partial charge in [-0.25, -0.2) is 4.79 Å². The Morgan fingerprint density at radius 2 is 1.45 bits per heavy atom. The Morgan fingerprint density at radius 3 is 1.97 bits per heavy atom. The number of rotatable bonds is 17. The zero-order valence-corrected chi connectivity index (χ0v) is 19.8. The summed E-state index contributed by atoms with van der Waals surface area (Å²) in [7, 11) is -2.68. The van der Waals surface area contributed by atoms with E-state index in [0.29, 0.717) is 31.6 Å². The topological polar surface area (TPSA) is 97.4 Å². The summed E-state index contributed by atoms with van der Waals surface area (Å²) in [5.74, 6) is -0.425. The fourth-order valence-corrected chi connectivity index (χ4v) is 5.87. The van der Waals surface area contributed by atoms with Crippen LogP contribution in [0.25, 0.3) is 0 Å². The monoisotopic (exact) mass is 450 g/mol. The zero-order chi connectivity index (χ0) is 22.1. The zero-order valence-electron chi connectivity index (χ0n) is 18.0. The van der Waals surface area contributed by atoms with Crippen molar-refractivity contribution in [2.24, 2.45) is 0 Å². The summed E-state index contributed by atoms with van der Waals surface area (Å²) in [6.07, 6.45) is 0.816. The lowest BCUT2D eigenvalue weighted by Crippen LogP contribution is -2.46. The van der Waals surface area contributed by atoms with Crippen LogP contribution in [0, 0.1) is 0 Å². The van der Waals surface area contributed by atoms with E-state index in [4.69, 9.17) is 22.8 Å². The highest BCUT2D eigenvalue weighted by Crippen LogP contribution is 2.20. The summed E-state index contributed by atoms with van der Waals surface area (Å²) in [5.41, 5.74) is 0.280. The Kier molecular flexibility index (Phi) is 15.9. The van der Waals surface area contributed by atoms with Crippen LogP contribution in [0.1, 0.15) is 47.0 Å². The second-order valence-corrected chi connectivity index (χ2v) is 9.83. The van der Waals surface area contributed by atoms with Gasteiger partial charge in [0, 0.05) is 43.6 Å². The highest BCUT2D eigenvalue weighted by molar-refractivity contribution is 8.13. The first-order valence-corrected chi connectivity index (χ1v) is 12.8. The molecule has 8 nitrogen and oxygen atoms in total. The van der Waals surface area contributed by atoms with Crippen LogP contribution in [0.15, 0.2) is 12.2 Å². The quantitative estimate of drug-likeness (QED) is 0.143. The molecule has 0 saturated heterocycles. The minimum Gasteiger partial charge on any atom is -0.462 e. The number of carbonyl (C=O) groups excluding carboxylic acids is 3. The molecule has 0 aromatic carbocycles. The first-order chi connectivity index (χ1) is 13.8. The summed E-state index contributed by atoms with van der Waals surface area (Å²) in [4.78, 5) is 34.7. The molecule has 29 heavy (non-hydrogen) atoms. The molecule has 0 bridgehead atoms. The molecular formula is C19H34O8SSi. The third-order valence-corrected chi connectivity index (χ3v) is 7.61. The molecule has 0 aromatic heterocycles. The molecule has 0 unspecified atom stereocenters. The summed E-state index contributed by atoms with van der Waals surface area (Å²) in [6, 6.07) is 0.647. The van der Waals surface area contributed by atoms with Gasteiger partial charge >= 0.3 is 20.7 Å². The van der Waals surface area contributed by atoms with Gasteiger partial charge in [0.25, 0.3) is 0 Å². The molecule has 0 aliphatic carbocycles. The third-order valence-electron chi connectivity index (χ3n) is 3.44. The van der Waals surface area contributed by atoms with Crippen molar-refractivity contribution in [3.05, 3.63) is 12.2 Å². The number of esters is 2. The lowest BCUT2D eigenvalue weighted by molar-refractivity contribution is -0.150. The number of hydrogen-bond donors (Lipinski definition) is 0. The summed E-state index contributed by atoms with van der Waals surface area (Å²) >= 11 is 1.18. The van der Waals surface area contributed by atoms with Crippen molar-refractivity contribution in [1.29, 1.82) is 0 Å². The Balaban J connectivity index is 4.01. The highest BCUT2D eigenvalue weighted by Gasteiger charge is 2.39. The maximum absolute atomic E-state index is 11.9. The fraction of sp³-hybridized carbons (Fsp3) is 0.737. The van der Waals surface area contributed by atoms with Gasteiger partial charge in [-0.15, -0.1) is 0 Å². The molecule has 0 aliphatic rings. The Bertz CT molecular complexity index is 509. The minimum absolute atomic E-state index is 0.00418. The van der Waals surface area contributed by atoms with Crippen LogP contribution >= 0.6 is 11.8 Å². The van der Waals surface area contributed by atoms with E-state index in [-0.39, 0.29) is 36.7 Å². The van der Waals surface area contributed by atoms with Gasteiger partial charge in [0.1, 0.15) is 13.2 Å². The van der Waals surface area contributed by atoms with Crippen LogP contribution in [0.4, 0.5) is 0 Å². The molecule has 0 fully saturated rings. The normalized spacial score (nSPS) is 11.2. The van der Waals surface area contributed by atoms with Crippen LogP contribution in [-0.2, 0) is 37.1 Å². The number of ether oxygens (including phenoxy) is 2. The van der Waals surface area contributed by atoms with Gasteiger partial charge in [0.05, 0.1) is 6.42 Å². The Morgan fingerprint density at radius 1 is 0.897 bits per heavy atom. The smallest absolute Gasteiger partial charge is 0.462 e. The van der Waals surface area contributed by atoms with E-state index in [2.05, 4.69) is 6.58 Å². The van der Waals surface area contributed by atoms with Crippen LogP contribution in [-0.4, -0.2) is 64.6 Å². The largest absolute Gasteiger partial charge is 0.500 e. The molecule has 0 amide bonds. The molecule has 0 N–H and O–H groups in total. The minimum atomic E-state index is -2.68. The summed E-state index contributed by atoms with van der Waals surface area (Å²) in [5, 5.41) is -0.0767. The molecule has 0 rings (SSSR count). The predicted molar refractivity (Wildman–Crippen MR) is 113 cm³/mol. The van der Waals surface area contributed by atoms with Gasteiger partial charge in [-0.2, -0.15) is 0 Å². The van der Waals surface area contributed by atoms with Gasteiger partial charge in [-0.05, 0) is 34.1 Å². The molecule has 0 aromatic rings. The lowest BCUT2D eigenvalue weighted by atomic mass is 10.3. The van der Waals surface area contributed by atoms with Crippen molar-refractivity contribution >= 4 is 37.6 Å². The maximum atomic E-state index is 11.9. The number of hydrogen-bond acceptors (Lipinski definition) is 9. The second kappa shape index (κ2) is 16.6. The molecule has 168 valence electrons. The van der Waals surface area contributed by atoms with Crippen molar-refractivity contribution < 1.29 is 37.1 Å². The van der Waals surface area contributed by atoms with Crippen molar-refractivity contribution in [2.45, 2.75) is 53.0 Å². The fourth-order valence-electron chi connectivity index (χ4n) is 2.24. The van der Waals surface area contributed by atoms with Crippen LogP contribution in [0.3, 0.4) is 0 Å². The van der Waals surface area contributed by atoms with Crippen LogP contribution < -0.4 is 0 Å². The van der Waals surface area contributed by atoms with E-state index < -0.39 is 20.7 Å². The number of thioether (sulfide) groups is 1. The van der Waals surface area contributed by atoms with E-state index in [1.165, 1.54) is 18.7 Å². The van der Waals surface area contributed by atoms with Crippen LogP contribution in [0.5, 0.6) is 0 Å². The van der Waals surface area contributed by atoms with E-state index in [0.717, 1.165) is 6.42 Å². The van der Waals surface area contributed by atoms with Gasteiger partial charge in [0.2, 0.25) is 0 Å². The maximum Gasteiger partial charge on any atom is 0.500 e. The molecule has 10 heteroatoms. The molecule has 0 saturated carbocycles. The van der Waals surface area contributed by atoms with Gasteiger partial charge in [0.15, 0.2) is 5.12 Å². The van der Waals surface area contributed by atoms with Crippen molar-refractivity contribution in [3.8, 4) is 0 Å². The SMILES string of the molecule is C=C(C)C(=O)OCCOC(=O)CCC(=O)SCCC[Si](OCC)(OCC)OCC. The number of carbonyl (C=O) groups is 3. The van der Waals surface area contributed by atoms with Crippen LogP contribution in [0.2, 0.25) is 6.04 Å². The molecule has 0 atom stereocenters. The Hall–Kier alpha value is -1.20. The molecule has 0 aliphatic heterocycles. The summed E-state index contributed by atoms with van der Waals surface area (Å²) < 4.78 is 27.1. The second-order valence-electron chi connectivity index (χ2n) is 5.94. The van der Waals surface area contributed by atoms with E-state index >= 15 is 0 Å². The molecule has 0 spiro atoms. The van der Waals surface area contributed by atoms with E-state index in [1.54, 1.807) is 0 Å². The van der Waals surface area contributed by atoms with Gasteiger partial charge in [-0.1, -0.05) is 18.3 Å². The van der Waals surface area contributed by atoms with Crippen molar-refractivity contribution in [3.63, 3.8) is 0 Å². The third kappa shape index (κ3) is 13.6. The first-order valence-electron chi connectivity index (χ1n) is 9.85. The highest BCUT2D eigenvalue weighted by atomic mass is 32.2. The predicted octanol–water partition coefficient (Wildman–Crippen LogP) is 3.13. The first kappa shape index (κ1) is 27.8. The Labute approximate surface area is 179 Å². The van der Waals surface area contributed by atoms with E-state index in [1.807, 2.05) is 20.8 Å². The average Bonchev–Trinajstić information content (AvgIpc) is 2.67. The van der Waals surface area contributed by atoms with Gasteiger partial charge < -0.3 is 22.8 Å². The molecule has 0 radical (unpaired) electrons. The van der Waals surface area contributed by atoms with Crippen molar-refractivity contribution in [1.82, 2.24) is 0 Å². The lowest BCUT2D eigenvalue weighted by Gasteiger charge is -2.28. The molecular weight excluding hydrogens is 416 g/mol. The molecule has 0 heterocycles. The average molecular weight is 451 g/mol. The van der Waals surface area contributed by atoms with Crippen molar-refractivity contribution in [2.75, 3.05) is 38.8 Å². The standard InChI is InChI=1S/C19H34O8SSi/c1-6-25-29(26-7-2,27-8-3)15-9-14-28-18(21)11-10-17(20)23-12-13-24-19(22)16(4)5/h4,6-15H2,1-3,5H3. The van der Waals surface area contributed by atoms with E-state index in [9.17, 15) is 14.4 Å². The van der Waals surface area contributed by atoms with Gasteiger partial charge in [-0.3, -0.25) is 9.59 Å². The summed E-state index contributed by atoms with van der Waals surface area (Å²) in [6.45, 7) is 12.2.